The van der Waals surface area contributed by atoms with E-state index in [0.717, 1.165) is 30.3 Å². The fourth-order valence-corrected chi connectivity index (χ4v) is 4.16. The van der Waals surface area contributed by atoms with E-state index in [1.54, 1.807) is 30.5 Å². The zero-order valence-corrected chi connectivity index (χ0v) is 16.9. The second-order valence-corrected chi connectivity index (χ2v) is 7.75. The Balaban J connectivity index is 1.38. The Labute approximate surface area is 176 Å². The van der Waals surface area contributed by atoms with Gasteiger partial charge in [-0.3, -0.25) is 4.57 Å². The van der Waals surface area contributed by atoms with Gasteiger partial charge < -0.3 is 14.1 Å². The highest BCUT2D eigenvalue weighted by molar-refractivity contribution is 5.90. The van der Waals surface area contributed by atoms with Gasteiger partial charge in [-0.2, -0.15) is 0 Å². The van der Waals surface area contributed by atoms with Gasteiger partial charge in [-0.1, -0.05) is 0 Å². The van der Waals surface area contributed by atoms with E-state index in [0.29, 0.717) is 22.4 Å². The molecule has 0 radical (unpaired) electrons. The van der Waals surface area contributed by atoms with Crippen LogP contribution in [0.2, 0.25) is 0 Å². The summed E-state index contributed by atoms with van der Waals surface area (Å²) in [5.74, 6) is -0.507. The molecule has 0 unspecified atom stereocenters. The predicted molar refractivity (Wildman–Crippen MR) is 115 cm³/mol. The Morgan fingerprint density at radius 1 is 1.10 bits per heavy atom. The van der Waals surface area contributed by atoms with Crippen molar-refractivity contribution < 1.29 is 13.9 Å². The number of aryl methyl sites for hydroxylation is 3. The van der Waals surface area contributed by atoms with E-state index >= 15 is 0 Å². The number of imidazole rings is 1. The van der Waals surface area contributed by atoms with Gasteiger partial charge in [0, 0.05) is 28.9 Å². The Kier molecular flexibility index (Phi) is 4.58. The van der Waals surface area contributed by atoms with Crippen molar-refractivity contribution in [2.24, 2.45) is 0 Å². The molecule has 1 aliphatic carbocycles. The van der Waals surface area contributed by atoms with Crippen molar-refractivity contribution in [3.63, 3.8) is 0 Å². The summed E-state index contributed by atoms with van der Waals surface area (Å²) in [4.78, 5) is 39.1. The van der Waals surface area contributed by atoms with Crippen LogP contribution in [-0.4, -0.2) is 15.5 Å². The summed E-state index contributed by atoms with van der Waals surface area (Å²) < 4.78 is 12.4. The summed E-state index contributed by atoms with van der Waals surface area (Å²) in [6, 6.07) is 11.9. The molecule has 31 heavy (non-hydrogen) atoms. The number of carbonyl (C=O) groups excluding carboxylic acids is 1. The molecule has 7 nitrogen and oxygen atoms in total. The van der Waals surface area contributed by atoms with Crippen LogP contribution in [0.15, 0.2) is 62.7 Å². The van der Waals surface area contributed by atoms with Crippen molar-refractivity contribution in [3.8, 4) is 5.69 Å². The van der Waals surface area contributed by atoms with Crippen LogP contribution in [0.25, 0.3) is 16.7 Å². The van der Waals surface area contributed by atoms with Crippen molar-refractivity contribution >= 4 is 16.9 Å². The zero-order chi connectivity index (χ0) is 21.5. The van der Waals surface area contributed by atoms with Crippen LogP contribution in [0.5, 0.6) is 0 Å². The number of H-pyrrole nitrogens is 1. The van der Waals surface area contributed by atoms with Gasteiger partial charge in [0.1, 0.15) is 12.2 Å². The second-order valence-electron chi connectivity index (χ2n) is 7.75. The van der Waals surface area contributed by atoms with Gasteiger partial charge in [-0.15, -0.1) is 0 Å². The van der Waals surface area contributed by atoms with Crippen molar-refractivity contribution in [1.82, 2.24) is 9.55 Å². The van der Waals surface area contributed by atoms with Crippen molar-refractivity contribution in [1.29, 1.82) is 0 Å². The summed E-state index contributed by atoms with van der Waals surface area (Å²) in [6.45, 7) is 1.79. The summed E-state index contributed by atoms with van der Waals surface area (Å²) >= 11 is 0. The molecule has 1 aliphatic rings. The molecule has 0 bridgehead atoms. The quantitative estimate of drug-likeness (QED) is 0.406. The highest BCUT2D eigenvalue weighted by Gasteiger charge is 2.16. The number of fused-ring (bicyclic) bond motifs is 2. The maximum atomic E-state index is 12.6. The van der Waals surface area contributed by atoms with Gasteiger partial charge in [-0.05, 0) is 73.7 Å². The van der Waals surface area contributed by atoms with E-state index in [2.05, 4.69) is 4.98 Å². The molecule has 4 aromatic rings. The first kappa shape index (κ1) is 19.1. The number of aromatic amines is 1. The lowest BCUT2D eigenvalue weighted by Crippen LogP contribution is -2.16. The smallest absolute Gasteiger partial charge is 0.338 e. The van der Waals surface area contributed by atoms with Crippen molar-refractivity contribution in [3.05, 3.63) is 97.5 Å². The van der Waals surface area contributed by atoms with E-state index in [9.17, 15) is 14.4 Å². The van der Waals surface area contributed by atoms with Crippen LogP contribution in [0.4, 0.5) is 0 Å². The lowest BCUT2D eigenvalue weighted by atomic mass is 10.0. The van der Waals surface area contributed by atoms with E-state index < -0.39 is 11.6 Å². The molecule has 0 aliphatic heterocycles. The Morgan fingerprint density at radius 3 is 2.55 bits per heavy atom. The second kappa shape index (κ2) is 7.43. The zero-order valence-electron chi connectivity index (χ0n) is 16.9. The number of hydrogen-bond acceptors (Lipinski definition) is 5. The molecule has 0 fully saturated rings. The first-order valence-electron chi connectivity index (χ1n) is 10.1. The SMILES string of the molecule is Cc1c[nH]c(=O)n1-c1ccc(C(=O)OCc2cc(=O)oc3cc4c(cc23)CCC4)cc1. The summed E-state index contributed by atoms with van der Waals surface area (Å²) in [5, 5.41) is 0.797. The number of hydrogen-bond donors (Lipinski definition) is 1. The molecule has 0 spiro atoms. The fourth-order valence-electron chi connectivity index (χ4n) is 4.16. The standard InChI is InChI=1S/C24H20N2O5/c1-14-12-25-24(29)26(14)19-7-5-15(6-8-19)23(28)30-13-18-11-22(27)31-21-10-17-4-2-3-16(17)9-20(18)21/h5-12H,2-4,13H2,1H3,(H,25,29). The molecular weight excluding hydrogens is 396 g/mol. The summed E-state index contributed by atoms with van der Waals surface area (Å²) in [5.41, 5.74) is 4.68. The highest BCUT2D eigenvalue weighted by atomic mass is 16.5. The van der Waals surface area contributed by atoms with Gasteiger partial charge in [-0.25, -0.2) is 14.4 Å². The first-order chi connectivity index (χ1) is 15.0. The molecular formula is C24H20N2O5. The minimum atomic E-state index is -0.507. The topological polar surface area (TPSA) is 94.3 Å². The third-order valence-corrected chi connectivity index (χ3v) is 5.72. The molecule has 5 rings (SSSR count). The number of aromatic nitrogens is 2. The third-order valence-electron chi connectivity index (χ3n) is 5.72. The van der Waals surface area contributed by atoms with Crippen molar-refractivity contribution in [2.75, 3.05) is 0 Å². The number of rotatable bonds is 4. The minimum Gasteiger partial charge on any atom is -0.457 e. The van der Waals surface area contributed by atoms with E-state index in [1.165, 1.54) is 21.8 Å². The molecule has 1 N–H and O–H groups in total. The Morgan fingerprint density at radius 2 is 1.84 bits per heavy atom. The molecule has 2 heterocycles. The van der Waals surface area contributed by atoms with Gasteiger partial charge in [0.05, 0.1) is 11.3 Å². The van der Waals surface area contributed by atoms with Gasteiger partial charge >= 0.3 is 17.3 Å². The largest absolute Gasteiger partial charge is 0.457 e. The molecule has 2 aromatic heterocycles. The maximum absolute atomic E-state index is 12.6. The van der Waals surface area contributed by atoms with Crippen LogP contribution in [0, 0.1) is 6.92 Å². The average molecular weight is 416 g/mol. The Hall–Kier alpha value is -3.87. The van der Waals surface area contributed by atoms with Crippen LogP contribution in [0.3, 0.4) is 0 Å². The normalized spacial score (nSPS) is 12.8. The van der Waals surface area contributed by atoms with E-state index in [1.807, 2.05) is 19.1 Å². The number of nitrogens with one attached hydrogen (secondary N) is 1. The van der Waals surface area contributed by atoms with E-state index in [4.69, 9.17) is 9.15 Å². The molecule has 2 aromatic carbocycles. The molecule has 7 heteroatoms. The molecule has 0 saturated carbocycles. The Bertz CT molecular complexity index is 1420. The fraction of sp³-hybridized carbons (Fsp3) is 0.208. The lowest BCUT2D eigenvalue weighted by molar-refractivity contribution is 0.0474. The van der Waals surface area contributed by atoms with Gasteiger partial charge in [0.2, 0.25) is 0 Å². The van der Waals surface area contributed by atoms with Crippen LogP contribution >= 0.6 is 0 Å². The third kappa shape index (κ3) is 3.48. The first-order valence-corrected chi connectivity index (χ1v) is 10.1. The maximum Gasteiger partial charge on any atom is 0.338 e. The number of esters is 1. The molecule has 0 atom stereocenters. The summed E-state index contributed by atoms with van der Waals surface area (Å²) in [7, 11) is 0. The van der Waals surface area contributed by atoms with Crippen LogP contribution < -0.4 is 11.3 Å². The van der Waals surface area contributed by atoms with Gasteiger partial charge in [0.25, 0.3) is 0 Å². The average Bonchev–Trinajstić information content (AvgIpc) is 3.35. The molecule has 0 amide bonds. The van der Waals surface area contributed by atoms with Crippen molar-refractivity contribution in [2.45, 2.75) is 32.8 Å². The number of nitrogens with zero attached hydrogens (tertiary/aromatic N) is 1. The molecule has 0 saturated heterocycles. The number of ether oxygens (including phenoxy) is 1. The lowest BCUT2D eigenvalue weighted by Gasteiger charge is -2.10. The summed E-state index contributed by atoms with van der Waals surface area (Å²) in [6.07, 6.45) is 4.70. The van der Waals surface area contributed by atoms with Crippen LogP contribution in [0.1, 0.15) is 39.2 Å². The number of carbonyl (C=O) groups is 1. The highest BCUT2D eigenvalue weighted by Crippen LogP contribution is 2.29. The van der Waals surface area contributed by atoms with Crippen LogP contribution in [-0.2, 0) is 24.2 Å². The monoisotopic (exact) mass is 416 g/mol. The predicted octanol–water partition coefficient (Wildman–Crippen LogP) is 3.43. The molecule has 156 valence electrons. The number of benzene rings is 2. The minimum absolute atomic E-state index is 0.0299. The van der Waals surface area contributed by atoms with E-state index in [-0.39, 0.29) is 12.3 Å². The van der Waals surface area contributed by atoms with Gasteiger partial charge in [0.15, 0.2) is 0 Å².